The molecule has 0 saturated heterocycles. The SMILES string of the molecule is CC(NC(C(=O)N(C)C)c1ccccc1)c1ccc(Cl)cc1Cl. The van der Waals surface area contributed by atoms with Crippen LogP contribution in [-0.4, -0.2) is 24.9 Å². The van der Waals surface area contributed by atoms with Crippen LogP contribution in [0.5, 0.6) is 0 Å². The third kappa shape index (κ3) is 4.47. The molecule has 0 aliphatic rings. The van der Waals surface area contributed by atoms with Crippen LogP contribution in [0.3, 0.4) is 0 Å². The second kappa shape index (κ2) is 7.82. The molecule has 0 spiro atoms. The van der Waals surface area contributed by atoms with Crippen molar-refractivity contribution in [2.45, 2.75) is 19.0 Å². The summed E-state index contributed by atoms with van der Waals surface area (Å²) in [6.45, 7) is 1.98. The number of nitrogens with one attached hydrogen (secondary N) is 1. The van der Waals surface area contributed by atoms with Gasteiger partial charge in [0, 0.05) is 30.2 Å². The summed E-state index contributed by atoms with van der Waals surface area (Å²) in [5.41, 5.74) is 1.83. The van der Waals surface area contributed by atoms with Crippen molar-refractivity contribution >= 4 is 29.1 Å². The van der Waals surface area contributed by atoms with Crippen LogP contribution in [0.4, 0.5) is 0 Å². The van der Waals surface area contributed by atoms with Crippen molar-refractivity contribution in [1.29, 1.82) is 0 Å². The maximum Gasteiger partial charge on any atom is 0.243 e. The summed E-state index contributed by atoms with van der Waals surface area (Å²) in [4.78, 5) is 14.1. The Bertz CT molecular complexity index is 674. The average Bonchev–Trinajstić information content (AvgIpc) is 2.52. The molecule has 2 aromatic rings. The number of carbonyl (C=O) groups excluding carboxylic acids is 1. The number of hydrogen-bond donors (Lipinski definition) is 1. The molecule has 0 aromatic heterocycles. The number of nitrogens with zero attached hydrogens (tertiary/aromatic N) is 1. The van der Waals surface area contributed by atoms with Crippen molar-refractivity contribution in [3.8, 4) is 0 Å². The van der Waals surface area contributed by atoms with Gasteiger partial charge in [-0.2, -0.15) is 0 Å². The standard InChI is InChI=1S/C18H20Cl2N2O/c1-12(15-10-9-14(19)11-16(15)20)21-17(18(23)22(2)3)13-7-5-4-6-8-13/h4-12,17,21H,1-3H3. The zero-order valence-electron chi connectivity index (χ0n) is 13.4. The largest absolute Gasteiger partial charge is 0.347 e. The molecule has 0 radical (unpaired) electrons. The third-order valence-corrected chi connectivity index (χ3v) is 4.23. The number of likely N-dealkylation sites (N-methyl/N-ethyl adjacent to an activating group) is 1. The highest BCUT2D eigenvalue weighted by atomic mass is 35.5. The smallest absolute Gasteiger partial charge is 0.243 e. The highest BCUT2D eigenvalue weighted by Gasteiger charge is 2.24. The first kappa shape index (κ1) is 17.8. The summed E-state index contributed by atoms with van der Waals surface area (Å²) in [6, 6.07) is 14.5. The number of benzene rings is 2. The van der Waals surface area contributed by atoms with Gasteiger partial charge in [-0.25, -0.2) is 0 Å². The highest BCUT2D eigenvalue weighted by molar-refractivity contribution is 6.35. The lowest BCUT2D eigenvalue weighted by atomic mass is 10.0. The van der Waals surface area contributed by atoms with Gasteiger partial charge in [0.1, 0.15) is 6.04 Å². The molecule has 0 saturated carbocycles. The van der Waals surface area contributed by atoms with E-state index in [9.17, 15) is 4.79 Å². The number of amides is 1. The molecule has 1 N–H and O–H groups in total. The van der Waals surface area contributed by atoms with Crippen molar-refractivity contribution in [2.24, 2.45) is 0 Å². The molecule has 2 aromatic carbocycles. The molecule has 0 bridgehead atoms. The minimum absolute atomic E-state index is 0.00636. The Morgan fingerprint density at radius 1 is 1.09 bits per heavy atom. The predicted octanol–water partition coefficient (Wildman–Crippen LogP) is 4.47. The molecule has 0 fully saturated rings. The topological polar surface area (TPSA) is 32.3 Å². The van der Waals surface area contributed by atoms with Gasteiger partial charge in [-0.05, 0) is 30.2 Å². The van der Waals surface area contributed by atoms with Gasteiger partial charge in [-0.15, -0.1) is 0 Å². The van der Waals surface area contributed by atoms with Crippen LogP contribution in [0, 0.1) is 0 Å². The van der Waals surface area contributed by atoms with Gasteiger partial charge < -0.3 is 4.90 Å². The quantitative estimate of drug-likeness (QED) is 0.862. The van der Waals surface area contributed by atoms with E-state index in [4.69, 9.17) is 23.2 Å². The number of carbonyl (C=O) groups is 1. The Kier molecular flexibility index (Phi) is 6.05. The monoisotopic (exact) mass is 350 g/mol. The Hall–Kier alpha value is -1.55. The molecule has 23 heavy (non-hydrogen) atoms. The molecule has 0 aliphatic heterocycles. The lowest BCUT2D eigenvalue weighted by molar-refractivity contribution is -0.131. The first-order chi connectivity index (χ1) is 10.9. The van der Waals surface area contributed by atoms with Gasteiger partial charge in [0.25, 0.3) is 0 Å². The number of halogens is 2. The van der Waals surface area contributed by atoms with Crippen molar-refractivity contribution in [1.82, 2.24) is 10.2 Å². The lowest BCUT2D eigenvalue weighted by Gasteiger charge is -2.26. The first-order valence-corrected chi connectivity index (χ1v) is 8.13. The van der Waals surface area contributed by atoms with E-state index >= 15 is 0 Å². The van der Waals surface area contributed by atoms with Crippen molar-refractivity contribution in [3.63, 3.8) is 0 Å². The van der Waals surface area contributed by atoms with Crippen molar-refractivity contribution in [3.05, 3.63) is 69.7 Å². The fourth-order valence-corrected chi connectivity index (χ4v) is 2.98. The summed E-state index contributed by atoms with van der Waals surface area (Å²) in [5.74, 6) is -0.00636. The van der Waals surface area contributed by atoms with E-state index in [1.165, 1.54) is 0 Å². The van der Waals surface area contributed by atoms with Crippen molar-refractivity contribution in [2.75, 3.05) is 14.1 Å². The summed E-state index contributed by atoms with van der Waals surface area (Å²) in [6.07, 6.45) is 0. The van der Waals surface area contributed by atoms with Crippen LogP contribution in [0.25, 0.3) is 0 Å². The van der Waals surface area contributed by atoms with Crippen LogP contribution in [0.15, 0.2) is 48.5 Å². The molecular formula is C18H20Cl2N2O. The van der Waals surface area contributed by atoms with E-state index in [2.05, 4.69) is 5.32 Å². The van der Waals surface area contributed by atoms with Crippen LogP contribution in [0.1, 0.15) is 30.1 Å². The molecule has 2 rings (SSSR count). The summed E-state index contributed by atoms with van der Waals surface area (Å²) >= 11 is 12.2. The van der Waals surface area contributed by atoms with Gasteiger partial charge in [0.15, 0.2) is 0 Å². The average molecular weight is 351 g/mol. The zero-order chi connectivity index (χ0) is 17.0. The summed E-state index contributed by atoms with van der Waals surface area (Å²) in [7, 11) is 3.50. The van der Waals surface area contributed by atoms with Gasteiger partial charge in [0.05, 0.1) is 0 Å². The Morgan fingerprint density at radius 2 is 1.74 bits per heavy atom. The van der Waals surface area contributed by atoms with Crippen LogP contribution < -0.4 is 5.32 Å². The van der Waals surface area contributed by atoms with Gasteiger partial charge in [-0.3, -0.25) is 10.1 Å². The minimum Gasteiger partial charge on any atom is -0.347 e. The highest BCUT2D eigenvalue weighted by Crippen LogP contribution is 2.28. The normalized spacial score (nSPS) is 13.4. The second-order valence-corrected chi connectivity index (χ2v) is 6.47. The van der Waals surface area contributed by atoms with Gasteiger partial charge >= 0.3 is 0 Å². The van der Waals surface area contributed by atoms with Crippen LogP contribution >= 0.6 is 23.2 Å². The second-order valence-electron chi connectivity index (χ2n) is 5.63. The van der Waals surface area contributed by atoms with E-state index < -0.39 is 6.04 Å². The zero-order valence-corrected chi connectivity index (χ0v) is 14.9. The molecule has 1 amide bonds. The van der Waals surface area contributed by atoms with Gasteiger partial charge in [0.2, 0.25) is 5.91 Å². The predicted molar refractivity (Wildman–Crippen MR) is 95.9 cm³/mol. The molecule has 5 heteroatoms. The van der Waals surface area contributed by atoms with E-state index in [1.54, 1.807) is 31.1 Å². The molecule has 0 heterocycles. The number of hydrogen-bond acceptors (Lipinski definition) is 2. The Morgan fingerprint density at radius 3 is 2.30 bits per heavy atom. The lowest BCUT2D eigenvalue weighted by Crippen LogP contribution is -2.38. The summed E-state index contributed by atoms with van der Waals surface area (Å²) < 4.78 is 0. The Labute approximate surface area is 147 Å². The van der Waals surface area contributed by atoms with E-state index in [0.717, 1.165) is 11.1 Å². The maximum atomic E-state index is 12.6. The fourth-order valence-electron chi connectivity index (χ4n) is 2.41. The molecule has 0 aliphatic carbocycles. The molecular weight excluding hydrogens is 331 g/mol. The Balaban J connectivity index is 2.28. The molecule has 2 unspecified atom stereocenters. The van der Waals surface area contributed by atoms with E-state index in [1.807, 2.05) is 43.3 Å². The van der Waals surface area contributed by atoms with Crippen LogP contribution in [0.2, 0.25) is 10.0 Å². The molecule has 122 valence electrons. The minimum atomic E-state index is -0.437. The maximum absolute atomic E-state index is 12.6. The van der Waals surface area contributed by atoms with E-state index in [-0.39, 0.29) is 11.9 Å². The van der Waals surface area contributed by atoms with Crippen molar-refractivity contribution < 1.29 is 4.79 Å². The molecule has 2 atom stereocenters. The first-order valence-electron chi connectivity index (χ1n) is 7.37. The van der Waals surface area contributed by atoms with E-state index in [0.29, 0.717) is 10.0 Å². The summed E-state index contributed by atoms with van der Waals surface area (Å²) in [5, 5.41) is 4.55. The number of rotatable bonds is 5. The third-order valence-electron chi connectivity index (χ3n) is 3.67. The molecule has 3 nitrogen and oxygen atoms in total. The van der Waals surface area contributed by atoms with Gasteiger partial charge in [-0.1, -0.05) is 59.6 Å². The van der Waals surface area contributed by atoms with Crippen LogP contribution in [-0.2, 0) is 4.79 Å². The fraction of sp³-hybridized carbons (Fsp3) is 0.278.